The molecule has 10 nitrogen and oxygen atoms in total. The van der Waals surface area contributed by atoms with E-state index in [2.05, 4.69) is 5.32 Å². The van der Waals surface area contributed by atoms with Gasteiger partial charge in [0.1, 0.15) is 18.2 Å². The minimum absolute atomic E-state index is 0.144. The number of nitrogens with one attached hydrogen (secondary N) is 1. The van der Waals surface area contributed by atoms with Crippen LogP contribution in [0, 0.1) is 0 Å². The number of hydrogen-bond acceptors (Lipinski definition) is 7. The van der Waals surface area contributed by atoms with Gasteiger partial charge >= 0.3 is 12.1 Å². The minimum Gasteiger partial charge on any atom is -0.444 e. The van der Waals surface area contributed by atoms with Crippen LogP contribution in [0.5, 0.6) is 0 Å². The quantitative estimate of drug-likeness (QED) is 0.732. The molecule has 1 aromatic rings. The number of alkyl carbamates (subject to hydrolysis) is 1. The lowest BCUT2D eigenvalue weighted by molar-refractivity contribution is -0.171. The van der Waals surface area contributed by atoms with Crippen molar-refractivity contribution >= 4 is 29.8 Å². The molecule has 1 atom stereocenters. The van der Waals surface area contributed by atoms with Crippen LogP contribution in [0.1, 0.15) is 54.3 Å². The number of amides is 4. The molecule has 1 fully saturated rings. The Kier molecular flexibility index (Phi) is 5.77. The number of piperidine rings is 1. The second-order valence-corrected chi connectivity index (χ2v) is 8.01. The highest BCUT2D eigenvalue weighted by Gasteiger charge is 2.39. The maximum absolute atomic E-state index is 12.6. The molecule has 4 amide bonds. The topological polar surface area (TPSA) is 122 Å². The molecule has 2 aliphatic heterocycles. The SMILES string of the molecule is CC(C)(C)OC(=O)NC1CCCN(CC(=O)ON2C(=O)c3ccccc3C2=O)C1=O. The summed E-state index contributed by atoms with van der Waals surface area (Å²) in [6, 6.07) is 5.29. The number of carbonyl (C=O) groups is 5. The third kappa shape index (κ3) is 4.58. The summed E-state index contributed by atoms with van der Waals surface area (Å²) in [5.41, 5.74) is -0.422. The Morgan fingerprint density at radius 3 is 2.27 bits per heavy atom. The van der Waals surface area contributed by atoms with Gasteiger partial charge in [-0.1, -0.05) is 17.2 Å². The zero-order chi connectivity index (χ0) is 22.1. The van der Waals surface area contributed by atoms with E-state index in [1.54, 1.807) is 32.9 Å². The zero-order valence-corrected chi connectivity index (χ0v) is 17.0. The van der Waals surface area contributed by atoms with Gasteiger partial charge < -0.3 is 19.8 Å². The van der Waals surface area contributed by atoms with Crippen LogP contribution >= 0.6 is 0 Å². The molecule has 0 aliphatic carbocycles. The smallest absolute Gasteiger partial charge is 0.408 e. The normalized spacial score (nSPS) is 18.9. The number of fused-ring (bicyclic) bond motifs is 1. The molecule has 1 N–H and O–H groups in total. The lowest BCUT2D eigenvalue weighted by Gasteiger charge is -2.32. The van der Waals surface area contributed by atoms with Crippen molar-refractivity contribution in [2.75, 3.05) is 13.1 Å². The lowest BCUT2D eigenvalue weighted by Crippen LogP contribution is -2.54. The number of likely N-dealkylation sites (tertiary alicyclic amines) is 1. The van der Waals surface area contributed by atoms with Crippen LogP contribution in [-0.4, -0.2) is 64.5 Å². The van der Waals surface area contributed by atoms with Crippen LogP contribution in [0.4, 0.5) is 4.79 Å². The molecular formula is C20H23N3O7. The first-order valence-electron chi connectivity index (χ1n) is 9.54. The summed E-state index contributed by atoms with van der Waals surface area (Å²) in [5, 5.41) is 2.91. The first-order valence-corrected chi connectivity index (χ1v) is 9.54. The molecule has 10 heteroatoms. The van der Waals surface area contributed by atoms with E-state index in [9.17, 15) is 24.0 Å². The number of hydrogen-bond donors (Lipinski definition) is 1. The van der Waals surface area contributed by atoms with Gasteiger partial charge in [-0.3, -0.25) is 14.4 Å². The summed E-state index contributed by atoms with van der Waals surface area (Å²) in [6.07, 6.45) is 0.227. The van der Waals surface area contributed by atoms with Gasteiger partial charge in [-0.25, -0.2) is 9.59 Å². The first-order chi connectivity index (χ1) is 14.1. The Morgan fingerprint density at radius 2 is 1.70 bits per heavy atom. The highest BCUT2D eigenvalue weighted by Crippen LogP contribution is 2.23. The number of ether oxygens (including phenoxy) is 1. The summed E-state index contributed by atoms with van der Waals surface area (Å²) in [4.78, 5) is 67.5. The van der Waals surface area contributed by atoms with Crippen LogP contribution in [0.25, 0.3) is 0 Å². The maximum atomic E-state index is 12.6. The Balaban J connectivity index is 1.58. The fourth-order valence-electron chi connectivity index (χ4n) is 3.22. The van der Waals surface area contributed by atoms with E-state index in [-0.39, 0.29) is 17.7 Å². The van der Waals surface area contributed by atoms with Crippen LogP contribution in [0.3, 0.4) is 0 Å². The van der Waals surface area contributed by atoms with Gasteiger partial charge in [0.15, 0.2) is 0 Å². The molecule has 0 radical (unpaired) electrons. The largest absolute Gasteiger partial charge is 0.444 e. The average Bonchev–Trinajstić information content (AvgIpc) is 2.89. The first kappa shape index (κ1) is 21.3. The van der Waals surface area contributed by atoms with Crippen molar-refractivity contribution in [2.45, 2.75) is 45.3 Å². The Bertz CT molecular complexity index is 871. The van der Waals surface area contributed by atoms with Crippen molar-refractivity contribution in [3.8, 4) is 0 Å². The summed E-state index contributed by atoms with van der Waals surface area (Å²) in [7, 11) is 0. The highest BCUT2D eigenvalue weighted by molar-refractivity contribution is 6.20. The van der Waals surface area contributed by atoms with Gasteiger partial charge in [0.2, 0.25) is 5.91 Å². The van der Waals surface area contributed by atoms with Crippen molar-refractivity contribution in [3.05, 3.63) is 35.4 Å². The third-order valence-electron chi connectivity index (χ3n) is 4.49. The Labute approximate surface area is 173 Å². The Morgan fingerprint density at radius 1 is 1.10 bits per heavy atom. The second kappa shape index (κ2) is 8.13. The molecular weight excluding hydrogens is 394 g/mol. The summed E-state index contributed by atoms with van der Waals surface area (Å²) < 4.78 is 5.15. The van der Waals surface area contributed by atoms with E-state index >= 15 is 0 Å². The summed E-state index contributed by atoms with van der Waals surface area (Å²) in [6.45, 7) is 4.94. The number of rotatable bonds is 4. The van der Waals surface area contributed by atoms with Gasteiger partial charge in [-0.2, -0.15) is 0 Å². The van der Waals surface area contributed by atoms with Crippen LogP contribution in [-0.2, 0) is 19.2 Å². The molecule has 0 bridgehead atoms. The molecule has 1 aromatic carbocycles. The second-order valence-electron chi connectivity index (χ2n) is 8.01. The number of carbonyl (C=O) groups excluding carboxylic acids is 5. The molecule has 0 saturated carbocycles. The molecule has 1 unspecified atom stereocenters. The fraction of sp³-hybridized carbons (Fsp3) is 0.450. The van der Waals surface area contributed by atoms with E-state index < -0.39 is 48.0 Å². The van der Waals surface area contributed by atoms with Crippen molar-refractivity contribution in [1.29, 1.82) is 0 Å². The molecule has 0 aromatic heterocycles. The molecule has 30 heavy (non-hydrogen) atoms. The standard InChI is InChI=1S/C20H23N3O7/c1-20(2,3)29-19(28)21-14-9-6-10-22(18(14)27)11-15(24)30-23-16(25)12-7-4-5-8-13(12)17(23)26/h4-5,7-8,14H,6,9-11H2,1-3H3,(H,21,28). The average molecular weight is 417 g/mol. The van der Waals surface area contributed by atoms with Crippen LogP contribution in [0.15, 0.2) is 24.3 Å². The van der Waals surface area contributed by atoms with Gasteiger partial charge in [0.25, 0.3) is 11.8 Å². The summed E-state index contributed by atoms with van der Waals surface area (Å²) in [5.74, 6) is -2.88. The van der Waals surface area contributed by atoms with Crippen LogP contribution < -0.4 is 5.32 Å². The van der Waals surface area contributed by atoms with Crippen molar-refractivity contribution in [3.63, 3.8) is 0 Å². The van der Waals surface area contributed by atoms with Crippen LogP contribution in [0.2, 0.25) is 0 Å². The number of nitrogens with zero attached hydrogens (tertiary/aromatic N) is 2. The highest BCUT2D eigenvalue weighted by atomic mass is 16.7. The van der Waals surface area contributed by atoms with E-state index in [4.69, 9.17) is 9.57 Å². The lowest BCUT2D eigenvalue weighted by atomic mass is 10.1. The predicted octanol–water partition coefficient (Wildman–Crippen LogP) is 1.26. The van der Waals surface area contributed by atoms with Crippen molar-refractivity contribution in [2.24, 2.45) is 0 Å². The van der Waals surface area contributed by atoms with E-state index in [1.807, 2.05) is 0 Å². The zero-order valence-electron chi connectivity index (χ0n) is 17.0. The van der Waals surface area contributed by atoms with Gasteiger partial charge in [0, 0.05) is 6.54 Å². The van der Waals surface area contributed by atoms with E-state index in [1.165, 1.54) is 17.0 Å². The number of benzene rings is 1. The monoisotopic (exact) mass is 417 g/mol. The number of imide groups is 1. The van der Waals surface area contributed by atoms with Crippen molar-refractivity contribution < 1.29 is 33.5 Å². The molecule has 160 valence electrons. The molecule has 2 aliphatic rings. The molecule has 1 saturated heterocycles. The molecule has 3 rings (SSSR count). The minimum atomic E-state index is -0.934. The molecule has 2 heterocycles. The maximum Gasteiger partial charge on any atom is 0.408 e. The van der Waals surface area contributed by atoms with E-state index in [0.29, 0.717) is 17.9 Å². The molecule has 0 spiro atoms. The van der Waals surface area contributed by atoms with Gasteiger partial charge in [0.05, 0.1) is 11.1 Å². The number of hydroxylamine groups is 2. The van der Waals surface area contributed by atoms with Crippen molar-refractivity contribution in [1.82, 2.24) is 15.3 Å². The Hall–Kier alpha value is -3.43. The van der Waals surface area contributed by atoms with Gasteiger partial charge in [-0.15, -0.1) is 0 Å². The third-order valence-corrected chi connectivity index (χ3v) is 4.49. The predicted molar refractivity (Wildman–Crippen MR) is 102 cm³/mol. The van der Waals surface area contributed by atoms with E-state index in [0.717, 1.165) is 0 Å². The van der Waals surface area contributed by atoms with Gasteiger partial charge in [-0.05, 0) is 45.7 Å². The summed E-state index contributed by atoms with van der Waals surface area (Å²) >= 11 is 0. The fourth-order valence-corrected chi connectivity index (χ4v) is 3.22.